The van der Waals surface area contributed by atoms with Gasteiger partial charge in [-0.2, -0.15) is 0 Å². The van der Waals surface area contributed by atoms with Crippen molar-refractivity contribution in [3.8, 4) is 0 Å². The number of hydrogen-bond acceptors (Lipinski definition) is 24. The Bertz CT molecular complexity index is 1720. The van der Waals surface area contributed by atoms with Gasteiger partial charge in [-0.15, -0.1) is 0 Å². The van der Waals surface area contributed by atoms with Crippen molar-refractivity contribution in [2.24, 2.45) is 5.11 Å². The Morgan fingerprint density at radius 2 is 1.28 bits per heavy atom. The van der Waals surface area contributed by atoms with Crippen molar-refractivity contribution in [3.05, 3.63) is 10.4 Å². The molecule has 0 bridgehead atoms. The van der Waals surface area contributed by atoms with Gasteiger partial charge in [0.15, 0.2) is 18.9 Å². The van der Waals surface area contributed by atoms with Crippen molar-refractivity contribution in [2.75, 3.05) is 39.6 Å². The third-order valence-corrected chi connectivity index (χ3v) is 11.9. The zero-order valence-electron chi connectivity index (χ0n) is 37.9. The quantitative estimate of drug-likeness (QED) is 0.0185. The van der Waals surface area contributed by atoms with Crippen LogP contribution in [0.15, 0.2) is 5.11 Å². The summed E-state index contributed by atoms with van der Waals surface area (Å²) in [5.41, 5.74) is 8.46. The molecule has 4 heterocycles. The van der Waals surface area contributed by atoms with Gasteiger partial charge in [-0.3, -0.25) is 14.4 Å². The Balaban J connectivity index is 1.69. The summed E-state index contributed by atoms with van der Waals surface area (Å²) in [6.07, 6.45) is -30.8. The second-order valence-electron chi connectivity index (χ2n) is 17.0. The number of aliphatic carboxylic acids is 1. The van der Waals surface area contributed by atoms with Gasteiger partial charge < -0.3 is 115 Å². The fraction of sp³-hybridized carbons (Fsp3) is 0.897. The Morgan fingerprint density at radius 3 is 1.86 bits per heavy atom. The Hall–Kier alpha value is -3.57. The SMILES string of the molecule is CC(=O)N[C@H]1[C@H](OCCCCCCN=[N+]=[N-])O[C@H](CO)[C@@H](O[C@@H]2O[C@H](CO[C@]3(C(=O)O)C[C@H](O)[C@@H](NC(C)=O)[C@H]([C@H](O)[C@H](O)CO)O3)[C@H](O)[C@H](O[C@@H]3O[C@H](CO)[C@@H](O)[C@H](O)[C@H]3NC(C)=O)[C@H]2O)[C@@H]1O. The van der Waals surface area contributed by atoms with Crippen LogP contribution >= 0.6 is 0 Å². The van der Waals surface area contributed by atoms with Gasteiger partial charge in [-0.25, -0.2) is 4.79 Å². The average molecular weight is 1000 g/mol. The molecule has 0 aliphatic carbocycles. The number of ether oxygens (including phenoxy) is 8. The Kier molecular flexibility index (Phi) is 22.5. The molecule has 4 aliphatic heterocycles. The van der Waals surface area contributed by atoms with Crippen LogP contribution in [0.1, 0.15) is 52.9 Å². The number of hydrogen-bond donors (Lipinski definition) is 15. The van der Waals surface area contributed by atoms with E-state index in [1.165, 1.54) is 0 Å². The molecule has 0 aromatic rings. The minimum absolute atomic E-state index is 0.0431. The third kappa shape index (κ3) is 14.8. The second-order valence-corrected chi connectivity index (χ2v) is 17.0. The topological polar surface area (TPSA) is 470 Å². The number of aliphatic hydroxyl groups excluding tert-OH is 11. The predicted molar refractivity (Wildman–Crippen MR) is 222 cm³/mol. The first-order valence-corrected chi connectivity index (χ1v) is 22.2. The second kappa shape index (κ2) is 26.8. The fourth-order valence-electron chi connectivity index (χ4n) is 8.35. The number of unbranched alkanes of at least 4 members (excludes halogenated alkanes) is 3. The first-order chi connectivity index (χ1) is 32.6. The summed E-state index contributed by atoms with van der Waals surface area (Å²) in [6, 6.07) is -4.65. The average Bonchev–Trinajstić information content (AvgIpc) is 3.30. The number of rotatable bonds is 24. The highest BCUT2D eigenvalue weighted by Gasteiger charge is 2.58. The normalized spacial score (nSPS) is 39.0. The minimum atomic E-state index is -3.00. The van der Waals surface area contributed by atoms with Gasteiger partial charge in [0.1, 0.15) is 91.4 Å². The third-order valence-electron chi connectivity index (χ3n) is 11.9. The number of nitrogens with one attached hydrogen (secondary N) is 3. The lowest BCUT2D eigenvalue weighted by Crippen LogP contribution is -2.70. The molecule has 3 amide bonds. The maximum absolute atomic E-state index is 13.0. The number of amides is 3. The van der Waals surface area contributed by atoms with Crippen LogP contribution in [-0.4, -0.2) is 253 Å². The van der Waals surface area contributed by atoms with Crippen molar-refractivity contribution < 1.29 is 118 Å². The van der Waals surface area contributed by atoms with Gasteiger partial charge >= 0.3 is 5.97 Å². The van der Waals surface area contributed by atoms with Crippen LogP contribution in [0.3, 0.4) is 0 Å². The summed E-state index contributed by atoms with van der Waals surface area (Å²) in [5.74, 6) is -7.18. The lowest BCUT2D eigenvalue weighted by atomic mass is 9.88. The van der Waals surface area contributed by atoms with E-state index >= 15 is 0 Å². The van der Waals surface area contributed by atoms with E-state index in [9.17, 15) is 80.5 Å². The summed E-state index contributed by atoms with van der Waals surface area (Å²) in [6.45, 7) is -0.471. The Morgan fingerprint density at radius 1 is 0.710 bits per heavy atom. The van der Waals surface area contributed by atoms with E-state index in [-0.39, 0.29) is 6.61 Å². The molecule has 4 saturated heterocycles. The number of azide groups is 1. The van der Waals surface area contributed by atoms with E-state index in [2.05, 4.69) is 26.0 Å². The number of carbonyl (C=O) groups excluding carboxylic acids is 3. The molecule has 30 heteroatoms. The smallest absolute Gasteiger partial charge is 0.364 e. The van der Waals surface area contributed by atoms with Gasteiger partial charge in [-0.05, 0) is 18.4 Å². The summed E-state index contributed by atoms with van der Waals surface area (Å²) >= 11 is 0. The van der Waals surface area contributed by atoms with Crippen molar-refractivity contribution >= 4 is 23.7 Å². The molecule has 396 valence electrons. The zero-order valence-corrected chi connectivity index (χ0v) is 37.9. The van der Waals surface area contributed by atoms with E-state index in [1.807, 2.05) is 0 Å². The van der Waals surface area contributed by atoms with Gasteiger partial charge in [0.25, 0.3) is 5.79 Å². The highest BCUT2D eigenvalue weighted by atomic mass is 16.8. The highest BCUT2D eigenvalue weighted by Crippen LogP contribution is 2.37. The van der Waals surface area contributed by atoms with Crippen molar-refractivity contribution in [1.82, 2.24) is 16.0 Å². The lowest BCUT2D eigenvalue weighted by molar-refractivity contribution is -0.376. The molecule has 0 radical (unpaired) electrons. The molecule has 0 aromatic carbocycles. The molecule has 69 heavy (non-hydrogen) atoms. The zero-order chi connectivity index (χ0) is 51.3. The molecule has 4 fully saturated rings. The number of carboxylic acids is 1. The minimum Gasteiger partial charge on any atom is -0.477 e. The fourth-order valence-corrected chi connectivity index (χ4v) is 8.35. The number of nitrogens with zero attached hydrogens (tertiary/aromatic N) is 3. The van der Waals surface area contributed by atoms with Crippen molar-refractivity contribution in [1.29, 1.82) is 0 Å². The van der Waals surface area contributed by atoms with Gasteiger partial charge in [0.2, 0.25) is 17.7 Å². The standard InChI is InChI=1S/C39H66N6O24/c1-15(49)42-23-18(52)10-39(38(60)61,69-33(23)26(54)19(53)11-46)63-14-22-28(56)34(68-36-24(43-16(2)50)29(57)27(55)20(12-47)64-36)31(59)37(66-22)67-32-21(13-48)65-35(25(30(32)58)44-17(3)51)62-9-7-5-4-6-8-41-45-40/h18-37,46-48,52-59H,4-14H2,1-3H3,(H,42,49)(H,43,50)(H,44,51)(H,60,61)/t18-,19+,20+,21+,22+,23+,24+,25+,26+,27+,28-,29+,30+,31+,32+,33+,34-,35+,36-,37-,39+/m0/s1. The van der Waals surface area contributed by atoms with Crippen LogP contribution in [0.25, 0.3) is 10.4 Å². The van der Waals surface area contributed by atoms with Crippen LogP contribution in [0.4, 0.5) is 0 Å². The van der Waals surface area contributed by atoms with Crippen LogP contribution in [0.2, 0.25) is 0 Å². The van der Waals surface area contributed by atoms with Crippen LogP contribution < -0.4 is 16.0 Å². The van der Waals surface area contributed by atoms with E-state index in [1.54, 1.807) is 0 Å². The summed E-state index contributed by atoms with van der Waals surface area (Å²) in [5, 5.41) is 140. The summed E-state index contributed by atoms with van der Waals surface area (Å²) in [7, 11) is 0. The van der Waals surface area contributed by atoms with E-state index in [4.69, 9.17) is 43.4 Å². The summed E-state index contributed by atoms with van der Waals surface area (Å²) < 4.78 is 46.7. The highest BCUT2D eigenvalue weighted by molar-refractivity contribution is 5.76. The van der Waals surface area contributed by atoms with Gasteiger partial charge in [-0.1, -0.05) is 18.0 Å². The first-order valence-electron chi connectivity index (χ1n) is 22.2. The number of carboxylic acid groups (broad SMARTS) is 1. The molecule has 0 unspecified atom stereocenters. The maximum Gasteiger partial charge on any atom is 0.364 e. The van der Waals surface area contributed by atoms with Crippen LogP contribution in [-0.2, 0) is 57.1 Å². The number of aliphatic hydroxyl groups is 11. The van der Waals surface area contributed by atoms with Crippen LogP contribution in [0, 0.1) is 0 Å². The predicted octanol–water partition coefficient (Wildman–Crippen LogP) is -7.22. The molecular formula is C39H66N6O24. The van der Waals surface area contributed by atoms with Gasteiger partial charge in [0, 0.05) is 45.3 Å². The Labute approximate surface area is 393 Å². The van der Waals surface area contributed by atoms with E-state index in [0.717, 1.165) is 20.8 Å². The molecule has 15 N–H and O–H groups in total. The molecule has 4 aliphatic rings. The van der Waals surface area contributed by atoms with E-state index in [0.29, 0.717) is 32.2 Å². The van der Waals surface area contributed by atoms with Crippen molar-refractivity contribution in [3.63, 3.8) is 0 Å². The van der Waals surface area contributed by atoms with Crippen LogP contribution in [0.5, 0.6) is 0 Å². The number of carbonyl (C=O) groups is 4. The molecule has 0 saturated carbocycles. The molecular weight excluding hydrogens is 936 g/mol. The monoisotopic (exact) mass is 1000 g/mol. The molecule has 30 nitrogen and oxygen atoms in total. The summed E-state index contributed by atoms with van der Waals surface area (Å²) in [4.78, 5) is 52.3. The maximum atomic E-state index is 13.0. The van der Waals surface area contributed by atoms with Gasteiger partial charge in [0.05, 0.1) is 38.6 Å². The largest absolute Gasteiger partial charge is 0.477 e. The lowest BCUT2D eigenvalue weighted by Gasteiger charge is -2.50. The van der Waals surface area contributed by atoms with Crippen molar-refractivity contribution in [2.45, 2.75) is 181 Å². The molecule has 0 aromatic heterocycles. The molecule has 4 rings (SSSR count). The molecule has 0 spiro atoms. The molecule has 21 atom stereocenters. The van der Waals surface area contributed by atoms with E-state index < -0.39 is 185 Å². The first kappa shape index (κ1) is 58.0.